The largest absolute Gasteiger partial charge is 0.481 e. The van der Waals surface area contributed by atoms with E-state index in [2.05, 4.69) is 0 Å². The minimum atomic E-state index is -1.11. The minimum Gasteiger partial charge on any atom is -0.481 e. The lowest BCUT2D eigenvalue weighted by Crippen LogP contribution is -2.20. The van der Waals surface area contributed by atoms with Gasteiger partial charge in [0.2, 0.25) is 0 Å². The van der Waals surface area contributed by atoms with Crippen molar-refractivity contribution in [1.82, 2.24) is 0 Å². The Morgan fingerprint density at radius 1 is 1.00 bits per heavy atom. The van der Waals surface area contributed by atoms with E-state index in [1.807, 2.05) is 0 Å². The van der Waals surface area contributed by atoms with E-state index in [1.54, 1.807) is 0 Å². The van der Waals surface area contributed by atoms with Gasteiger partial charge in [0.1, 0.15) is 5.82 Å². The van der Waals surface area contributed by atoms with E-state index in [4.69, 9.17) is 0 Å². The molecular weight excluding hydrogens is 281 g/mol. The van der Waals surface area contributed by atoms with Crippen LogP contribution in [0, 0.1) is 23.4 Å². The van der Waals surface area contributed by atoms with Crippen LogP contribution in [0.2, 0.25) is 0 Å². The summed E-state index contributed by atoms with van der Waals surface area (Å²) in [6.07, 6.45) is -0.0120. The molecule has 0 aliphatic heterocycles. The van der Waals surface area contributed by atoms with E-state index in [9.17, 15) is 23.1 Å². The summed E-state index contributed by atoms with van der Waals surface area (Å²) in [5, 5.41) is 9.22. The van der Waals surface area contributed by atoms with Crippen LogP contribution in [0.3, 0.4) is 0 Å². The van der Waals surface area contributed by atoms with Crippen molar-refractivity contribution in [2.45, 2.75) is 12.8 Å². The first-order valence-electron chi connectivity index (χ1n) is 6.37. The maximum atomic E-state index is 13.6. The van der Waals surface area contributed by atoms with Crippen molar-refractivity contribution in [2.75, 3.05) is 0 Å². The highest BCUT2D eigenvalue weighted by Gasteiger charge is 2.21. The van der Waals surface area contributed by atoms with Crippen LogP contribution < -0.4 is 0 Å². The third-order valence-corrected chi connectivity index (χ3v) is 3.24. The maximum absolute atomic E-state index is 13.6. The number of carboxylic acids is 1. The molecule has 0 saturated heterocycles. The Kier molecular flexibility index (Phi) is 4.62. The summed E-state index contributed by atoms with van der Waals surface area (Å²) in [6, 6.07) is 9.10. The van der Waals surface area contributed by atoms with Crippen molar-refractivity contribution >= 4 is 5.97 Å². The molecule has 110 valence electrons. The van der Waals surface area contributed by atoms with Crippen molar-refractivity contribution in [3.8, 4) is 0 Å². The van der Waals surface area contributed by atoms with Crippen molar-refractivity contribution in [1.29, 1.82) is 0 Å². The second-order valence-electron chi connectivity index (χ2n) is 4.78. The topological polar surface area (TPSA) is 37.3 Å². The van der Waals surface area contributed by atoms with Crippen LogP contribution in [-0.4, -0.2) is 11.1 Å². The predicted molar refractivity (Wildman–Crippen MR) is 71.3 cm³/mol. The van der Waals surface area contributed by atoms with Gasteiger partial charge in [-0.25, -0.2) is 13.2 Å². The Morgan fingerprint density at radius 2 is 1.67 bits per heavy atom. The van der Waals surface area contributed by atoms with Crippen molar-refractivity contribution < 1.29 is 23.1 Å². The van der Waals surface area contributed by atoms with E-state index < -0.39 is 29.3 Å². The monoisotopic (exact) mass is 294 g/mol. The molecule has 0 fully saturated rings. The van der Waals surface area contributed by atoms with Gasteiger partial charge in [-0.2, -0.15) is 0 Å². The van der Waals surface area contributed by atoms with E-state index in [0.29, 0.717) is 5.56 Å². The summed E-state index contributed by atoms with van der Waals surface area (Å²) >= 11 is 0. The summed E-state index contributed by atoms with van der Waals surface area (Å²) in [5.74, 6) is -4.46. The molecule has 0 heterocycles. The number of hydrogen-bond donors (Lipinski definition) is 1. The van der Waals surface area contributed by atoms with Gasteiger partial charge in [-0.1, -0.05) is 24.3 Å². The molecule has 5 heteroatoms. The van der Waals surface area contributed by atoms with Crippen LogP contribution in [0.4, 0.5) is 13.2 Å². The zero-order valence-corrected chi connectivity index (χ0v) is 11.0. The molecule has 0 aliphatic rings. The van der Waals surface area contributed by atoms with Gasteiger partial charge < -0.3 is 5.11 Å². The molecule has 0 saturated carbocycles. The molecule has 0 bridgehead atoms. The summed E-state index contributed by atoms with van der Waals surface area (Å²) < 4.78 is 39.6. The minimum absolute atomic E-state index is 0.0181. The van der Waals surface area contributed by atoms with Gasteiger partial charge >= 0.3 is 5.97 Å². The molecule has 2 aromatic carbocycles. The number of halogens is 3. The van der Waals surface area contributed by atoms with Crippen LogP contribution >= 0.6 is 0 Å². The average molecular weight is 294 g/mol. The van der Waals surface area contributed by atoms with Crippen molar-refractivity contribution in [3.63, 3.8) is 0 Å². The van der Waals surface area contributed by atoms with Gasteiger partial charge in [0.05, 0.1) is 5.92 Å². The summed E-state index contributed by atoms with van der Waals surface area (Å²) in [4.78, 5) is 11.3. The zero-order chi connectivity index (χ0) is 15.4. The summed E-state index contributed by atoms with van der Waals surface area (Å²) in [5.41, 5.74) is 0.644. The van der Waals surface area contributed by atoms with Gasteiger partial charge in [-0.3, -0.25) is 4.79 Å². The lowest BCUT2D eigenvalue weighted by molar-refractivity contribution is -0.141. The van der Waals surface area contributed by atoms with Crippen molar-refractivity contribution in [2.24, 2.45) is 5.92 Å². The Morgan fingerprint density at radius 3 is 2.29 bits per heavy atom. The number of carboxylic acid groups (broad SMARTS) is 1. The van der Waals surface area contributed by atoms with Crippen LogP contribution in [0.1, 0.15) is 11.1 Å². The quantitative estimate of drug-likeness (QED) is 0.915. The molecule has 0 aliphatic carbocycles. The maximum Gasteiger partial charge on any atom is 0.307 e. The van der Waals surface area contributed by atoms with Crippen LogP contribution in [0.25, 0.3) is 0 Å². The summed E-state index contributed by atoms with van der Waals surface area (Å²) in [7, 11) is 0. The molecule has 1 atom stereocenters. The highest BCUT2D eigenvalue weighted by molar-refractivity contribution is 5.70. The molecule has 0 aromatic heterocycles. The predicted octanol–water partition coefficient (Wildman–Crippen LogP) is 3.59. The Bertz CT molecular complexity index is 638. The molecule has 0 amide bonds. The van der Waals surface area contributed by atoms with E-state index in [0.717, 1.165) is 6.07 Å². The second-order valence-corrected chi connectivity index (χ2v) is 4.78. The van der Waals surface area contributed by atoms with E-state index in [-0.39, 0.29) is 18.4 Å². The number of aliphatic carboxylic acids is 1. The van der Waals surface area contributed by atoms with Crippen LogP contribution in [0.15, 0.2) is 42.5 Å². The first-order valence-corrected chi connectivity index (χ1v) is 6.37. The fourth-order valence-corrected chi connectivity index (χ4v) is 2.12. The highest BCUT2D eigenvalue weighted by atomic mass is 19.2. The number of hydrogen-bond acceptors (Lipinski definition) is 1. The number of carbonyl (C=O) groups is 1. The SMILES string of the molecule is O=C(O)C(Cc1ccc(F)cc1)Cc1cccc(F)c1F. The highest BCUT2D eigenvalue weighted by Crippen LogP contribution is 2.19. The van der Waals surface area contributed by atoms with Gasteiger partial charge in [0.15, 0.2) is 11.6 Å². The third-order valence-electron chi connectivity index (χ3n) is 3.24. The molecule has 2 aromatic rings. The normalized spacial score (nSPS) is 12.1. The van der Waals surface area contributed by atoms with E-state index >= 15 is 0 Å². The molecule has 1 N–H and O–H groups in total. The molecule has 2 rings (SSSR count). The van der Waals surface area contributed by atoms with Gasteiger partial charge in [0, 0.05) is 0 Å². The summed E-state index contributed by atoms with van der Waals surface area (Å²) in [6.45, 7) is 0. The Balaban J connectivity index is 2.18. The smallest absolute Gasteiger partial charge is 0.307 e. The molecule has 21 heavy (non-hydrogen) atoms. The molecule has 0 spiro atoms. The first-order chi connectivity index (χ1) is 9.97. The first kappa shape index (κ1) is 15.1. The second kappa shape index (κ2) is 6.43. The average Bonchev–Trinajstić information content (AvgIpc) is 2.45. The van der Waals surface area contributed by atoms with Crippen molar-refractivity contribution in [3.05, 3.63) is 71.0 Å². The van der Waals surface area contributed by atoms with Gasteiger partial charge in [0.25, 0.3) is 0 Å². The Labute approximate surface area is 119 Å². The number of benzene rings is 2. The van der Waals surface area contributed by atoms with Crippen LogP contribution in [0.5, 0.6) is 0 Å². The molecule has 0 radical (unpaired) electrons. The number of rotatable bonds is 5. The lowest BCUT2D eigenvalue weighted by Gasteiger charge is -2.13. The molecule has 1 unspecified atom stereocenters. The fourth-order valence-electron chi connectivity index (χ4n) is 2.12. The Hall–Kier alpha value is -2.30. The molecule has 2 nitrogen and oxygen atoms in total. The molecular formula is C16H13F3O2. The van der Waals surface area contributed by atoms with Gasteiger partial charge in [-0.05, 0) is 42.2 Å². The fraction of sp³-hybridized carbons (Fsp3) is 0.188. The zero-order valence-electron chi connectivity index (χ0n) is 11.0. The van der Waals surface area contributed by atoms with Crippen LogP contribution in [-0.2, 0) is 17.6 Å². The lowest BCUT2D eigenvalue weighted by atomic mass is 9.92. The van der Waals surface area contributed by atoms with E-state index in [1.165, 1.54) is 36.4 Å². The standard InChI is InChI=1S/C16H13F3O2/c17-13-6-4-10(5-7-13)8-12(16(20)21)9-11-2-1-3-14(18)15(11)19/h1-7,12H,8-9H2,(H,20,21). The van der Waals surface area contributed by atoms with Gasteiger partial charge in [-0.15, -0.1) is 0 Å². The third kappa shape index (κ3) is 3.84.